The number of halogens is 1. The summed E-state index contributed by atoms with van der Waals surface area (Å²) in [5, 5.41) is 9.54. The number of hydrogen-bond donors (Lipinski definition) is 1. The molecular weight excluding hydrogens is 271 g/mol. The number of carbonyl (C=O) groups is 1. The number of pyridine rings is 1. The fourth-order valence-electron chi connectivity index (χ4n) is 2.26. The van der Waals surface area contributed by atoms with E-state index < -0.39 is 11.7 Å². The largest absolute Gasteiger partial charge is 0.508 e. The molecule has 1 atom stereocenters. The van der Waals surface area contributed by atoms with E-state index in [0.717, 1.165) is 11.8 Å². The van der Waals surface area contributed by atoms with Crippen LogP contribution in [0.3, 0.4) is 0 Å². The van der Waals surface area contributed by atoms with Crippen LogP contribution in [-0.2, 0) is 0 Å². The molecule has 5 heteroatoms. The maximum absolute atomic E-state index is 13.7. The van der Waals surface area contributed by atoms with Crippen LogP contribution < -0.4 is 0 Å². The molecule has 2 aromatic rings. The highest BCUT2D eigenvalue weighted by Crippen LogP contribution is 2.25. The van der Waals surface area contributed by atoms with Crippen molar-refractivity contribution in [1.82, 2.24) is 9.88 Å². The lowest BCUT2D eigenvalue weighted by atomic mass is 10.1. The molecule has 0 bridgehead atoms. The van der Waals surface area contributed by atoms with E-state index in [0.29, 0.717) is 6.54 Å². The van der Waals surface area contributed by atoms with Gasteiger partial charge in [0.05, 0.1) is 17.8 Å². The summed E-state index contributed by atoms with van der Waals surface area (Å²) in [5.74, 6) is -0.893. The number of benzene rings is 1. The molecule has 110 valence electrons. The van der Waals surface area contributed by atoms with Crippen LogP contribution >= 0.6 is 0 Å². The Morgan fingerprint density at radius 2 is 2.19 bits per heavy atom. The number of hydrogen-bond acceptors (Lipinski definition) is 3. The molecule has 0 aliphatic rings. The van der Waals surface area contributed by atoms with Crippen molar-refractivity contribution in [2.45, 2.75) is 19.9 Å². The van der Waals surface area contributed by atoms with Crippen LogP contribution in [0, 0.1) is 5.82 Å². The maximum Gasteiger partial charge on any atom is 0.257 e. The summed E-state index contributed by atoms with van der Waals surface area (Å²) >= 11 is 0. The molecule has 0 fully saturated rings. The van der Waals surface area contributed by atoms with Crippen molar-refractivity contribution >= 4 is 5.91 Å². The fraction of sp³-hybridized carbons (Fsp3) is 0.250. The molecule has 0 saturated carbocycles. The van der Waals surface area contributed by atoms with Crippen LogP contribution in [0.2, 0.25) is 0 Å². The standard InChI is InChI=1S/C16H17FN2O2/c1-3-19(11(2)12-5-4-6-13(20)9-12)16(21)14-7-8-18-10-15(14)17/h4-11,20H,3H2,1-2H3. The molecule has 21 heavy (non-hydrogen) atoms. The Kier molecular flexibility index (Phi) is 4.52. The summed E-state index contributed by atoms with van der Waals surface area (Å²) < 4.78 is 13.7. The SMILES string of the molecule is CCN(C(=O)c1ccncc1F)C(C)c1cccc(O)c1. The van der Waals surface area contributed by atoms with Crippen molar-refractivity contribution < 1.29 is 14.3 Å². The van der Waals surface area contributed by atoms with Crippen molar-refractivity contribution in [3.8, 4) is 5.75 Å². The van der Waals surface area contributed by atoms with E-state index in [1.807, 2.05) is 19.9 Å². The highest BCUT2D eigenvalue weighted by Gasteiger charge is 2.23. The third-order valence-corrected chi connectivity index (χ3v) is 3.42. The molecule has 1 N–H and O–H groups in total. The smallest absolute Gasteiger partial charge is 0.257 e. The van der Waals surface area contributed by atoms with Gasteiger partial charge in [0.2, 0.25) is 0 Å². The third kappa shape index (κ3) is 3.18. The average molecular weight is 288 g/mol. The minimum Gasteiger partial charge on any atom is -0.508 e. The Bertz CT molecular complexity index is 646. The third-order valence-electron chi connectivity index (χ3n) is 3.42. The molecule has 0 spiro atoms. The Morgan fingerprint density at radius 3 is 2.81 bits per heavy atom. The number of amides is 1. The average Bonchev–Trinajstić information content (AvgIpc) is 2.48. The van der Waals surface area contributed by atoms with Crippen LogP contribution in [0.4, 0.5) is 4.39 Å². The number of phenolic OH excluding ortho intramolecular Hbond substituents is 1. The predicted molar refractivity (Wildman–Crippen MR) is 77.4 cm³/mol. The summed E-state index contributed by atoms with van der Waals surface area (Å²) in [7, 11) is 0. The number of carbonyl (C=O) groups excluding carboxylic acids is 1. The van der Waals surface area contributed by atoms with Crippen LogP contribution in [0.25, 0.3) is 0 Å². The van der Waals surface area contributed by atoms with Gasteiger partial charge in [0.25, 0.3) is 5.91 Å². The summed E-state index contributed by atoms with van der Waals surface area (Å²) in [5.41, 5.74) is 0.790. The van der Waals surface area contributed by atoms with E-state index in [4.69, 9.17) is 0 Å². The van der Waals surface area contributed by atoms with E-state index >= 15 is 0 Å². The predicted octanol–water partition coefficient (Wildman–Crippen LogP) is 3.15. The second-order valence-corrected chi connectivity index (χ2v) is 4.72. The van der Waals surface area contributed by atoms with Gasteiger partial charge in [0, 0.05) is 12.7 Å². The van der Waals surface area contributed by atoms with E-state index in [-0.39, 0.29) is 17.4 Å². The van der Waals surface area contributed by atoms with Crippen molar-refractivity contribution in [3.05, 3.63) is 59.7 Å². The molecule has 4 nitrogen and oxygen atoms in total. The van der Waals surface area contributed by atoms with E-state index in [1.165, 1.54) is 12.3 Å². The topological polar surface area (TPSA) is 53.4 Å². The molecule has 1 heterocycles. The van der Waals surface area contributed by atoms with Gasteiger partial charge in [0.1, 0.15) is 5.75 Å². The van der Waals surface area contributed by atoms with Crippen LogP contribution in [0.5, 0.6) is 5.75 Å². The van der Waals surface area contributed by atoms with Gasteiger partial charge in [-0.15, -0.1) is 0 Å². The summed E-state index contributed by atoms with van der Waals surface area (Å²) in [6.45, 7) is 4.10. The van der Waals surface area contributed by atoms with Crippen LogP contribution in [0.15, 0.2) is 42.7 Å². The normalized spacial score (nSPS) is 12.0. The lowest BCUT2D eigenvalue weighted by Crippen LogP contribution is -2.34. The van der Waals surface area contributed by atoms with Crippen molar-refractivity contribution in [1.29, 1.82) is 0 Å². The van der Waals surface area contributed by atoms with Gasteiger partial charge in [0.15, 0.2) is 5.82 Å². The number of aromatic nitrogens is 1. The van der Waals surface area contributed by atoms with Crippen LogP contribution in [-0.4, -0.2) is 27.4 Å². The first-order valence-corrected chi connectivity index (χ1v) is 6.74. The number of rotatable bonds is 4. The van der Waals surface area contributed by atoms with E-state index in [1.54, 1.807) is 23.1 Å². The van der Waals surface area contributed by atoms with Gasteiger partial charge >= 0.3 is 0 Å². The zero-order valence-electron chi connectivity index (χ0n) is 12.0. The van der Waals surface area contributed by atoms with E-state index in [2.05, 4.69) is 4.98 Å². The Balaban J connectivity index is 2.31. The minimum absolute atomic E-state index is 0.00106. The molecule has 1 amide bonds. The second-order valence-electron chi connectivity index (χ2n) is 4.72. The first kappa shape index (κ1) is 15.0. The van der Waals surface area contributed by atoms with Crippen molar-refractivity contribution in [2.75, 3.05) is 6.54 Å². The highest BCUT2D eigenvalue weighted by molar-refractivity contribution is 5.94. The van der Waals surface area contributed by atoms with Crippen molar-refractivity contribution in [3.63, 3.8) is 0 Å². The Hall–Kier alpha value is -2.43. The number of aromatic hydroxyl groups is 1. The van der Waals surface area contributed by atoms with Gasteiger partial charge < -0.3 is 10.0 Å². The van der Waals surface area contributed by atoms with Gasteiger partial charge in [-0.25, -0.2) is 4.39 Å². The molecule has 0 radical (unpaired) electrons. The van der Waals surface area contributed by atoms with Crippen molar-refractivity contribution in [2.24, 2.45) is 0 Å². The zero-order chi connectivity index (χ0) is 15.4. The molecule has 1 unspecified atom stereocenters. The molecule has 1 aromatic heterocycles. The highest BCUT2D eigenvalue weighted by atomic mass is 19.1. The molecular formula is C16H17FN2O2. The number of phenols is 1. The molecule has 0 aliphatic heterocycles. The second kappa shape index (κ2) is 6.35. The molecule has 1 aromatic carbocycles. The monoisotopic (exact) mass is 288 g/mol. The summed E-state index contributed by atoms with van der Waals surface area (Å²) in [6.07, 6.45) is 2.42. The van der Waals surface area contributed by atoms with Gasteiger partial charge in [-0.3, -0.25) is 9.78 Å². The zero-order valence-corrected chi connectivity index (χ0v) is 12.0. The van der Waals surface area contributed by atoms with Crippen LogP contribution in [0.1, 0.15) is 35.8 Å². The summed E-state index contributed by atoms with van der Waals surface area (Å²) in [6, 6.07) is 7.80. The van der Waals surface area contributed by atoms with Gasteiger partial charge in [-0.05, 0) is 37.6 Å². The quantitative estimate of drug-likeness (QED) is 0.940. The number of nitrogens with zero attached hydrogens (tertiary/aromatic N) is 2. The maximum atomic E-state index is 13.7. The van der Waals surface area contributed by atoms with Gasteiger partial charge in [-0.2, -0.15) is 0 Å². The Labute approximate surface area is 122 Å². The van der Waals surface area contributed by atoms with Gasteiger partial charge in [-0.1, -0.05) is 12.1 Å². The van der Waals surface area contributed by atoms with E-state index in [9.17, 15) is 14.3 Å². The molecule has 0 saturated heterocycles. The molecule has 2 rings (SSSR count). The lowest BCUT2D eigenvalue weighted by molar-refractivity contribution is 0.0697. The summed E-state index contributed by atoms with van der Waals surface area (Å²) in [4.78, 5) is 17.7. The lowest BCUT2D eigenvalue weighted by Gasteiger charge is -2.28. The minimum atomic E-state index is -0.635. The first-order valence-electron chi connectivity index (χ1n) is 6.74. The fourth-order valence-corrected chi connectivity index (χ4v) is 2.26. The Morgan fingerprint density at radius 1 is 1.43 bits per heavy atom. The molecule has 0 aliphatic carbocycles. The first-order chi connectivity index (χ1) is 10.0.